The van der Waals surface area contributed by atoms with E-state index < -0.39 is 0 Å². The van der Waals surface area contributed by atoms with Crippen LogP contribution in [0.15, 0.2) is 41.9 Å². The molecule has 0 unspecified atom stereocenters. The summed E-state index contributed by atoms with van der Waals surface area (Å²) in [7, 11) is 0. The minimum Gasteiger partial charge on any atom is -0.487 e. The fraction of sp³-hybridized carbons (Fsp3) is 0.200. The Bertz CT molecular complexity index is 638. The summed E-state index contributed by atoms with van der Waals surface area (Å²) in [5.74, 6) is 0.618. The number of hydrogen-bond donors (Lipinski definition) is 2. The van der Waals surface area contributed by atoms with E-state index >= 15 is 0 Å². The van der Waals surface area contributed by atoms with Crippen LogP contribution in [0.4, 0.5) is 15.6 Å². The smallest absolute Gasteiger partial charge is 0.325 e. The second-order valence-corrected chi connectivity index (χ2v) is 5.56. The Balaban J connectivity index is 2.07. The van der Waals surface area contributed by atoms with Crippen LogP contribution in [-0.2, 0) is 0 Å². The van der Waals surface area contributed by atoms with Crippen molar-refractivity contribution < 1.29 is 9.53 Å². The van der Waals surface area contributed by atoms with Gasteiger partial charge in [-0.3, -0.25) is 5.32 Å². The van der Waals surface area contributed by atoms with Crippen molar-refractivity contribution in [3.63, 3.8) is 0 Å². The molecule has 0 saturated carbocycles. The molecule has 0 aliphatic rings. The molecule has 0 radical (unpaired) electrons. The van der Waals surface area contributed by atoms with Crippen molar-refractivity contribution in [1.29, 1.82) is 0 Å². The summed E-state index contributed by atoms with van der Waals surface area (Å²) < 4.78 is 5.66. The average molecular weight is 303 g/mol. The number of thiazole rings is 1. The number of nitrogens with one attached hydrogen (secondary N) is 2. The number of amides is 2. The van der Waals surface area contributed by atoms with Gasteiger partial charge in [0.05, 0.1) is 5.69 Å². The van der Waals surface area contributed by atoms with Gasteiger partial charge in [-0.05, 0) is 37.1 Å². The highest BCUT2D eigenvalue weighted by molar-refractivity contribution is 7.13. The molecule has 0 spiro atoms. The van der Waals surface area contributed by atoms with Crippen molar-refractivity contribution >= 4 is 28.2 Å². The molecule has 1 heterocycles. The molecule has 2 N–H and O–H groups in total. The zero-order valence-corrected chi connectivity index (χ0v) is 12.8. The summed E-state index contributed by atoms with van der Waals surface area (Å²) in [4.78, 5) is 15.9. The number of urea groups is 1. The molecule has 0 atom stereocenters. The molecule has 0 saturated heterocycles. The zero-order chi connectivity index (χ0) is 15.2. The lowest BCUT2D eigenvalue weighted by Gasteiger charge is -2.13. The van der Waals surface area contributed by atoms with Gasteiger partial charge >= 0.3 is 6.03 Å². The van der Waals surface area contributed by atoms with Gasteiger partial charge in [0.15, 0.2) is 5.13 Å². The maximum atomic E-state index is 11.9. The third-order valence-electron chi connectivity index (χ3n) is 2.51. The van der Waals surface area contributed by atoms with Crippen LogP contribution in [0.1, 0.15) is 12.5 Å². The number of nitrogens with zero attached hydrogens (tertiary/aromatic N) is 1. The fourth-order valence-electron chi connectivity index (χ4n) is 1.59. The number of aryl methyl sites for hydroxylation is 1. The fourth-order valence-corrected chi connectivity index (χ4v) is 2.11. The third kappa shape index (κ3) is 4.61. The molecule has 0 bridgehead atoms. The van der Waals surface area contributed by atoms with Gasteiger partial charge in [0, 0.05) is 11.6 Å². The zero-order valence-electron chi connectivity index (χ0n) is 12.0. The topological polar surface area (TPSA) is 63.2 Å². The Kier molecular flexibility index (Phi) is 4.94. The van der Waals surface area contributed by atoms with Crippen LogP contribution in [0, 0.1) is 6.92 Å². The van der Waals surface area contributed by atoms with Crippen molar-refractivity contribution in [2.75, 3.05) is 17.2 Å². The summed E-state index contributed by atoms with van der Waals surface area (Å²) in [6.07, 6.45) is 1.63. The number of rotatable bonds is 5. The highest BCUT2D eigenvalue weighted by Gasteiger charge is 2.09. The van der Waals surface area contributed by atoms with Gasteiger partial charge in [0.25, 0.3) is 0 Å². The first kappa shape index (κ1) is 15.1. The molecule has 110 valence electrons. The summed E-state index contributed by atoms with van der Waals surface area (Å²) in [5, 5.41) is 7.76. The van der Waals surface area contributed by atoms with E-state index in [1.54, 1.807) is 11.6 Å². The molecule has 0 fully saturated rings. The van der Waals surface area contributed by atoms with E-state index in [1.165, 1.54) is 11.3 Å². The largest absolute Gasteiger partial charge is 0.487 e. The number of anilines is 2. The molecular formula is C15H17N3O2S. The maximum Gasteiger partial charge on any atom is 0.325 e. The number of benzene rings is 1. The van der Waals surface area contributed by atoms with Gasteiger partial charge in [-0.15, -0.1) is 11.3 Å². The van der Waals surface area contributed by atoms with Crippen LogP contribution in [0.25, 0.3) is 0 Å². The molecular weight excluding hydrogens is 286 g/mol. The van der Waals surface area contributed by atoms with Gasteiger partial charge < -0.3 is 10.1 Å². The number of carbonyl (C=O) groups excluding carboxylic acids is 1. The number of hydrogen-bond acceptors (Lipinski definition) is 4. The molecule has 0 aliphatic carbocycles. The molecule has 2 rings (SSSR count). The van der Waals surface area contributed by atoms with Gasteiger partial charge in [-0.1, -0.05) is 12.6 Å². The lowest BCUT2D eigenvalue weighted by molar-refractivity contribution is 0.262. The quantitative estimate of drug-likeness (QED) is 0.819. The first-order valence-corrected chi connectivity index (χ1v) is 7.28. The van der Waals surface area contributed by atoms with Crippen molar-refractivity contribution in [1.82, 2.24) is 4.98 Å². The Morgan fingerprint density at radius 2 is 2.24 bits per heavy atom. The normalized spacial score (nSPS) is 10.0. The molecule has 1 aromatic carbocycles. The first-order chi connectivity index (χ1) is 10.0. The Labute approximate surface area is 127 Å². The molecule has 1 aromatic heterocycles. The van der Waals surface area contributed by atoms with Crippen LogP contribution in [0.3, 0.4) is 0 Å². The Morgan fingerprint density at radius 3 is 2.90 bits per heavy atom. The number of ether oxygens (including phenoxy) is 1. The summed E-state index contributed by atoms with van der Waals surface area (Å²) in [5.41, 5.74) is 2.57. The molecule has 21 heavy (non-hydrogen) atoms. The van der Waals surface area contributed by atoms with Crippen molar-refractivity contribution in [3.05, 3.63) is 47.5 Å². The van der Waals surface area contributed by atoms with Crippen LogP contribution in [0.5, 0.6) is 5.75 Å². The van der Waals surface area contributed by atoms with E-state index in [2.05, 4.69) is 22.2 Å². The minimum absolute atomic E-state index is 0.353. The third-order valence-corrected chi connectivity index (χ3v) is 3.20. The van der Waals surface area contributed by atoms with E-state index in [-0.39, 0.29) is 6.03 Å². The van der Waals surface area contributed by atoms with Gasteiger partial charge in [0.2, 0.25) is 0 Å². The lowest BCUT2D eigenvalue weighted by Crippen LogP contribution is -2.20. The molecule has 6 heteroatoms. The predicted molar refractivity (Wildman–Crippen MR) is 86.2 cm³/mol. The lowest BCUT2D eigenvalue weighted by atomic mass is 10.2. The standard InChI is InChI=1S/C15H17N3O2S/c1-10(2)9-20-13-8-11(3)4-5-12(13)17-14(19)18-15-16-6-7-21-15/h4-8H,1,9H2,2-3H3,(H2,16,17,18,19). The van der Waals surface area contributed by atoms with E-state index in [0.717, 1.165) is 11.1 Å². The predicted octanol–water partition coefficient (Wildman–Crippen LogP) is 4.05. The first-order valence-electron chi connectivity index (χ1n) is 6.40. The van der Waals surface area contributed by atoms with E-state index in [0.29, 0.717) is 23.2 Å². The van der Waals surface area contributed by atoms with Crippen molar-refractivity contribution in [3.8, 4) is 5.75 Å². The SMILES string of the molecule is C=C(C)COc1cc(C)ccc1NC(=O)Nc1nccs1. The molecule has 0 aliphatic heterocycles. The van der Waals surface area contributed by atoms with Crippen LogP contribution in [0.2, 0.25) is 0 Å². The molecule has 5 nitrogen and oxygen atoms in total. The maximum absolute atomic E-state index is 11.9. The monoisotopic (exact) mass is 303 g/mol. The highest BCUT2D eigenvalue weighted by atomic mass is 32.1. The Hall–Kier alpha value is -2.34. The average Bonchev–Trinajstić information content (AvgIpc) is 2.91. The van der Waals surface area contributed by atoms with Gasteiger partial charge in [-0.2, -0.15) is 0 Å². The summed E-state index contributed by atoms with van der Waals surface area (Å²) >= 11 is 1.36. The minimum atomic E-state index is -0.353. The van der Waals surface area contributed by atoms with Crippen LogP contribution in [-0.4, -0.2) is 17.6 Å². The second-order valence-electron chi connectivity index (χ2n) is 4.66. The summed E-state index contributed by atoms with van der Waals surface area (Å²) in [6, 6.07) is 5.24. The van der Waals surface area contributed by atoms with Crippen LogP contribution < -0.4 is 15.4 Å². The van der Waals surface area contributed by atoms with Gasteiger partial charge in [-0.25, -0.2) is 9.78 Å². The summed E-state index contributed by atoms with van der Waals surface area (Å²) in [6.45, 7) is 8.06. The Morgan fingerprint density at radius 1 is 1.43 bits per heavy atom. The number of carbonyl (C=O) groups is 1. The number of aromatic nitrogens is 1. The molecule has 2 aromatic rings. The molecule has 2 amide bonds. The van der Waals surface area contributed by atoms with Crippen LogP contribution >= 0.6 is 11.3 Å². The van der Waals surface area contributed by atoms with E-state index in [9.17, 15) is 4.79 Å². The second kappa shape index (κ2) is 6.90. The highest BCUT2D eigenvalue weighted by Crippen LogP contribution is 2.26. The van der Waals surface area contributed by atoms with E-state index in [1.807, 2.05) is 32.0 Å². The van der Waals surface area contributed by atoms with E-state index in [4.69, 9.17) is 4.74 Å². The van der Waals surface area contributed by atoms with Gasteiger partial charge in [0.1, 0.15) is 12.4 Å². The van der Waals surface area contributed by atoms with Crippen molar-refractivity contribution in [2.45, 2.75) is 13.8 Å². The van der Waals surface area contributed by atoms with Crippen molar-refractivity contribution in [2.24, 2.45) is 0 Å².